The number of nitrogens with one attached hydrogen (secondary N) is 1. The number of halogens is 1. The number of anilines is 2. The summed E-state index contributed by atoms with van der Waals surface area (Å²) in [6.45, 7) is 5.70. The first kappa shape index (κ1) is 17.0. The molecule has 0 spiro atoms. The molecule has 0 unspecified atom stereocenters. The molecule has 1 heterocycles. The Hall–Kier alpha value is -2.34. The maximum Gasteiger partial charge on any atom is 0.263 e. The Morgan fingerprint density at radius 2 is 1.83 bits per heavy atom. The lowest BCUT2D eigenvalue weighted by molar-refractivity contribution is -0.118. The Kier molecular flexibility index (Phi) is 6.17. The first-order chi connectivity index (χ1) is 11.1. The number of aromatic nitrogens is 2. The first-order valence-electron chi connectivity index (χ1n) is 7.39. The quantitative estimate of drug-likeness (QED) is 0.843. The largest absolute Gasteiger partial charge is 0.484 e. The SMILES string of the molecule is CCN(CC)c1ccc(NC(=O)COc2ccc(Cl)cc2)nn1. The number of ether oxygens (including phenoxy) is 1. The van der Waals surface area contributed by atoms with Crippen molar-refractivity contribution in [3.05, 3.63) is 41.4 Å². The van der Waals surface area contributed by atoms with Gasteiger partial charge in [0.2, 0.25) is 0 Å². The van der Waals surface area contributed by atoms with E-state index in [9.17, 15) is 4.79 Å². The van der Waals surface area contributed by atoms with Gasteiger partial charge in [0.15, 0.2) is 18.2 Å². The summed E-state index contributed by atoms with van der Waals surface area (Å²) in [5.74, 6) is 1.45. The summed E-state index contributed by atoms with van der Waals surface area (Å²) < 4.78 is 5.36. The smallest absolute Gasteiger partial charge is 0.263 e. The minimum Gasteiger partial charge on any atom is -0.484 e. The molecule has 0 radical (unpaired) electrons. The van der Waals surface area contributed by atoms with Gasteiger partial charge < -0.3 is 15.0 Å². The van der Waals surface area contributed by atoms with Crippen molar-refractivity contribution in [3.8, 4) is 5.75 Å². The third-order valence-corrected chi connectivity index (χ3v) is 3.44. The third kappa shape index (κ3) is 5.10. The van der Waals surface area contributed by atoms with Crippen molar-refractivity contribution in [1.29, 1.82) is 0 Å². The minimum absolute atomic E-state index is 0.110. The third-order valence-electron chi connectivity index (χ3n) is 3.19. The molecule has 0 fully saturated rings. The van der Waals surface area contributed by atoms with Crippen LogP contribution < -0.4 is 15.0 Å². The van der Waals surface area contributed by atoms with Crippen LogP contribution in [0.1, 0.15) is 13.8 Å². The van der Waals surface area contributed by atoms with Crippen molar-refractivity contribution < 1.29 is 9.53 Å². The molecule has 1 aromatic heterocycles. The lowest BCUT2D eigenvalue weighted by Gasteiger charge is -2.18. The highest BCUT2D eigenvalue weighted by Gasteiger charge is 2.07. The fourth-order valence-corrected chi connectivity index (χ4v) is 2.09. The zero-order chi connectivity index (χ0) is 16.7. The molecule has 0 atom stereocenters. The molecular weight excluding hydrogens is 316 g/mol. The van der Waals surface area contributed by atoms with E-state index >= 15 is 0 Å². The van der Waals surface area contributed by atoms with Gasteiger partial charge in [-0.1, -0.05) is 11.6 Å². The molecule has 1 amide bonds. The Balaban J connectivity index is 1.86. The highest BCUT2D eigenvalue weighted by Crippen LogP contribution is 2.15. The van der Waals surface area contributed by atoms with Crippen LogP contribution in [0.4, 0.5) is 11.6 Å². The average molecular weight is 335 g/mol. The maximum absolute atomic E-state index is 11.8. The summed E-state index contributed by atoms with van der Waals surface area (Å²) in [7, 11) is 0. The van der Waals surface area contributed by atoms with E-state index in [1.54, 1.807) is 30.3 Å². The molecule has 6 nitrogen and oxygen atoms in total. The van der Waals surface area contributed by atoms with Gasteiger partial charge in [-0.25, -0.2) is 0 Å². The second-order valence-corrected chi connectivity index (χ2v) is 5.18. The zero-order valence-corrected chi connectivity index (χ0v) is 13.9. The van der Waals surface area contributed by atoms with E-state index in [0.29, 0.717) is 16.6 Å². The number of carbonyl (C=O) groups excluding carboxylic acids is 1. The number of hydrogen-bond donors (Lipinski definition) is 1. The number of nitrogens with zero attached hydrogens (tertiary/aromatic N) is 3. The second-order valence-electron chi connectivity index (χ2n) is 4.74. The predicted octanol–water partition coefficient (Wildman–Crippen LogP) is 2.99. The molecule has 23 heavy (non-hydrogen) atoms. The van der Waals surface area contributed by atoms with Gasteiger partial charge in [0.25, 0.3) is 5.91 Å². The Morgan fingerprint density at radius 1 is 1.13 bits per heavy atom. The number of rotatable bonds is 7. The van der Waals surface area contributed by atoms with Gasteiger partial charge in [-0.05, 0) is 50.2 Å². The molecule has 1 aromatic carbocycles. The Morgan fingerprint density at radius 3 is 2.39 bits per heavy atom. The van der Waals surface area contributed by atoms with Crippen LogP contribution >= 0.6 is 11.6 Å². The molecule has 2 aromatic rings. The molecule has 122 valence electrons. The monoisotopic (exact) mass is 334 g/mol. The highest BCUT2D eigenvalue weighted by atomic mass is 35.5. The number of benzene rings is 1. The van der Waals surface area contributed by atoms with Crippen molar-refractivity contribution in [3.63, 3.8) is 0 Å². The van der Waals surface area contributed by atoms with Gasteiger partial charge in [-0.2, -0.15) is 0 Å². The van der Waals surface area contributed by atoms with E-state index in [2.05, 4.69) is 34.3 Å². The number of hydrogen-bond acceptors (Lipinski definition) is 5. The highest BCUT2D eigenvalue weighted by molar-refractivity contribution is 6.30. The molecule has 0 saturated heterocycles. The Labute approximate surface area is 140 Å². The average Bonchev–Trinajstić information content (AvgIpc) is 2.57. The minimum atomic E-state index is -0.301. The molecule has 2 rings (SSSR count). The molecule has 0 aliphatic carbocycles. The topological polar surface area (TPSA) is 67.4 Å². The van der Waals surface area contributed by atoms with E-state index in [1.165, 1.54) is 0 Å². The summed E-state index contributed by atoms with van der Waals surface area (Å²) in [4.78, 5) is 13.9. The van der Waals surface area contributed by atoms with Crippen LogP contribution in [0, 0.1) is 0 Å². The predicted molar refractivity (Wildman–Crippen MR) is 91.2 cm³/mol. The number of amides is 1. The first-order valence-corrected chi connectivity index (χ1v) is 7.77. The molecule has 0 aliphatic heterocycles. The van der Waals surface area contributed by atoms with Crippen LogP contribution in [0.5, 0.6) is 5.75 Å². The standard InChI is InChI=1S/C16H19ClN4O2/c1-3-21(4-2)15-10-9-14(19-20-15)18-16(22)11-23-13-7-5-12(17)6-8-13/h5-10H,3-4,11H2,1-2H3,(H,18,19,22). The van der Waals surface area contributed by atoms with Gasteiger partial charge in [0.1, 0.15) is 5.75 Å². The lowest BCUT2D eigenvalue weighted by atomic mass is 10.3. The summed E-state index contributed by atoms with van der Waals surface area (Å²) in [6, 6.07) is 10.4. The molecular formula is C16H19ClN4O2. The summed E-state index contributed by atoms with van der Waals surface area (Å²) >= 11 is 5.78. The van der Waals surface area contributed by atoms with Gasteiger partial charge >= 0.3 is 0 Å². The van der Waals surface area contributed by atoms with Crippen molar-refractivity contribution in [2.75, 3.05) is 29.9 Å². The fraction of sp³-hybridized carbons (Fsp3) is 0.312. The van der Waals surface area contributed by atoms with Crippen molar-refractivity contribution in [2.45, 2.75) is 13.8 Å². The summed E-state index contributed by atoms with van der Waals surface area (Å²) in [5, 5.41) is 11.4. The van der Waals surface area contributed by atoms with Crippen molar-refractivity contribution in [2.24, 2.45) is 0 Å². The van der Waals surface area contributed by atoms with Gasteiger partial charge in [-0.15, -0.1) is 10.2 Å². The van der Waals surface area contributed by atoms with Crippen LogP contribution in [0.25, 0.3) is 0 Å². The van der Waals surface area contributed by atoms with E-state index in [0.717, 1.165) is 18.9 Å². The van der Waals surface area contributed by atoms with Crippen LogP contribution in [0.2, 0.25) is 5.02 Å². The molecule has 1 N–H and O–H groups in total. The van der Waals surface area contributed by atoms with E-state index in [-0.39, 0.29) is 12.5 Å². The summed E-state index contributed by atoms with van der Waals surface area (Å²) in [6.07, 6.45) is 0. The molecule has 0 aliphatic rings. The fourth-order valence-electron chi connectivity index (χ4n) is 1.97. The maximum atomic E-state index is 11.8. The van der Waals surface area contributed by atoms with E-state index in [1.807, 2.05) is 6.07 Å². The Bertz CT molecular complexity index is 628. The van der Waals surface area contributed by atoms with Gasteiger partial charge in [0.05, 0.1) is 0 Å². The van der Waals surface area contributed by atoms with Crippen LogP contribution in [-0.2, 0) is 4.79 Å². The van der Waals surface area contributed by atoms with Crippen molar-refractivity contribution in [1.82, 2.24) is 10.2 Å². The van der Waals surface area contributed by atoms with Gasteiger partial charge in [-0.3, -0.25) is 4.79 Å². The zero-order valence-electron chi connectivity index (χ0n) is 13.1. The van der Waals surface area contributed by atoms with Crippen LogP contribution in [0.15, 0.2) is 36.4 Å². The van der Waals surface area contributed by atoms with Gasteiger partial charge in [0, 0.05) is 18.1 Å². The van der Waals surface area contributed by atoms with Crippen molar-refractivity contribution >= 4 is 29.1 Å². The van der Waals surface area contributed by atoms with Crippen LogP contribution in [-0.4, -0.2) is 35.8 Å². The lowest BCUT2D eigenvalue weighted by Crippen LogP contribution is -2.24. The molecule has 0 bridgehead atoms. The molecule has 7 heteroatoms. The normalized spacial score (nSPS) is 10.2. The number of carbonyl (C=O) groups is 1. The second kappa shape index (κ2) is 8.33. The summed E-state index contributed by atoms with van der Waals surface area (Å²) in [5.41, 5.74) is 0. The molecule has 0 saturated carbocycles. The van der Waals surface area contributed by atoms with Crippen LogP contribution in [0.3, 0.4) is 0 Å². The van der Waals surface area contributed by atoms with E-state index < -0.39 is 0 Å². The van der Waals surface area contributed by atoms with E-state index in [4.69, 9.17) is 16.3 Å².